The predicted molar refractivity (Wildman–Crippen MR) is 87.3 cm³/mol. The molecule has 1 aromatic rings. The van der Waals surface area contributed by atoms with Gasteiger partial charge >= 0.3 is 0 Å². The first-order valence-electron chi connectivity index (χ1n) is 7.98. The van der Waals surface area contributed by atoms with Gasteiger partial charge in [0.2, 0.25) is 15.9 Å². The number of ether oxygens (including phenoxy) is 2. The Morgan fingerprint density at radius 3 is 2.91 bits per heavy atom. The van der Waals surface area contributed by atoms with Crippen LogP contribution in [0.3, 0.4) is 0 Å². The number of anilines is 1. The first-order valence-corrected chi connectivity index (χ1v) is 9.59. The summed E-state index contributed by atoms with van der Waals surface area (Å²) in [7, 11) is -3.38. The molecule has 0 amide bonds. The highest BCUT2D eigenvalue weighted by atomic mass is 32.2. The zero-order valence-electron chi connectivity index (χ0n) is 13.3. The Morgan fingerprint density at radius 2 is 2.13 bits per heavy atom. The molecule has 0 unspecified atom stereocenters. The number of sulfonamides is 1. The average Bonchev–Trinajstić information content (AvgIpc) is 2.55. The maximum atomic E-state index is 12.7. The molecule has 23 heavy (non-hydrogen) atoms. The molecule has 0 aromatic carbocycles. The molecule has 0 saturated carbocycles. The fourth-order valence-electron chi connectivity index (χ4n) is 2.89. The molecule has 1 saturated heterocycles. The quantitative estimate of drug-likeness (QED) is 0.786. The predicted octanol–water partition coefficient (Wildman–Crippen LogP) is 0.721. The molecule has 1 fully saturated rings. The summed E-state index contributed by atoms with van der Waals surface area (Å²) in [6.45, 7) is 6.18. The molecule has 1 aromatic heterocycles. The van der Waals surface area contributed by atoms with E-state index in [1.54, 1.807) is 18.3 Å². The number of morpholine rings is 1. The minimum atomic E-state index is -3.38. The topological polar surface area (TPSA) is 72.0 Å². The van der Waals surface area contributed by atoms with E-state index in [9.17, 15) is 8.42 Å². The van der Waals surface area contributed by atoms with Gasteiger partial charge in [-0.3, -0.25) is 9.21 Å². The Hall–Kier alpha value is -1.38. The number of fused-ring (bicyclic) bond motifs is 1. The third-order valence-electron chi connectivity index (χ3n) is 4.07. The van der Waals surface area contributed by atoms with Crippen molar-refractivity contribution in [3.8, 4) is 5.88 Å². The highest BCUT2D eigenvalue weighted by Gasteiger charge is 2.32. The van der Waals surface area contributed by atoms with Gasteiger partial charge < -0.3 is 9.47 Å². The van der Waals surface area contributed by atoms with Gasteiger partial charge in [-0.15, -0.1) is 0 Å². The molecule has 0 bridgehead atoms. The maximum Gasteiger partial charge on any atom is 0.238 e. The van der Waals surface area contributed by atoms with Gasteiger partial charge in [0.1, 0.15) is 11.8 Å². The zero-order chi connectivity index (χ0) is 16.3. The lowest BCUT2D eigenvalue weighted by Gasteiger charge is -2.33. The Bertz CT molecular complexity index is 631. The normalized spacial score (nSPS) is 22.5. The van der Waals surface area contributed by atoms with Crippen LogP contribution in [0, 0.1) is 0 Å². The lowest BCUT2D eigenvalue weighted by Crippen LogP contribution is -2.44. The van der Waals surface area contributed by atoms with E-state index >= 15 is 0 Å². The Kier molecular flexibility index (Phi) is 5.03. The molecule has 0 radical (unpaired) electrons. The number of nitrogens with zero attached hydrogens (tertiary/aromatic N) is 3. The van der Waals surface area contributed by atoms with Gasteiger partial charge in [-0.25, -0.2) is 13.4 Å². The number of hydrogen-bond acceptors (Lipinski definition) is 6. The van der Waals surface area contributed by atoms with E-state index in [-0.39, 0.29) is 11.9 Å². The van der Waals surface area contributed by atoms with Crippen molar-refractivity contribution in [3.05, 3.63) is 18.3 Å². The monoisotopic (exact) mass is 341 g/mol. The van der Waals surface area contributed by atoms with Crippen LogP contribution in [0.4, 0.5) is 5.69 Å². The molecule has 0 N–H and O–H groups in total. The van der Waals surface area contributed by atoms with Gasteiger partial charge in [0.25, 0.3) is 0 Å². The van der Waals surface area contributed by atoms with Gasteiger partial charge in [-0.05, 0) is 32.0 Å². The third kappa shape index (κ3) is 3.94. The van der Waals surface area contributed by atoms with Crippen molar-refractivity contribution < 1.29 is 17.9 Å². The van der Waals surface area contributed by atoms with Crippen molar-refractivity contribution in [1.82, 2.24) is 9.88 Å². The SMILES string of the molecule is C[C@H]1CN(S(=O)(=O)CCCN2CCOCC2)c2cccnc2O1. The second-order valence-electron chi connectivity index (χ2n) is 5.91. The lowest BCUT2D eigenvalue weighted by molar-refractivity contribution is 0.0381. The standard InChI is InChI=1S/C15H23N3O4S/c1-13-12-18(14-4-2-5-16-15(14)22-13)23(19,20)11-3-6-17-7-9-21-10-8-17/h2,4-5,13H,3,6-12H2,1H3/t13-/m0/s1. The van der Waals surface area contributed by atoms with Gasteiger partial charge in [-0.1, -0.05) is 0 Å². The summed E-state index contributed by atoms with van der Waals surface area (Å²) in [4.78, 5) is 6.38. The largest absolute Gasteiger partial charge is 0.471 e. The molecule has 2 aliphatic heterocycles. The fourth-order valence-corrected chi connectivity index (χ4v) is 4.48. The van der Waals surface area contributed by atoms with Gasteiger partial charge in [-0.2, -0.15) is 0 Å². The van der Waals surface area contributed by atoms with Crippen molar-refractivity contribution in [1.29, 1.82) is 0 Å². The van der Waals surface area contributed by atoms with E-state index in [0.29, 0.717) is 24.5 Å². The molecule has 3 heterocycles. The van der Waals surface area contributed by atoms with Crippen molar-refractivity contribution in [2.75, 3.05) is 49.5 Å². The molecule has 3 rings (SSSR count). The van der Waals surface area contributed by atoms with Crippen LogP contribution < -0.4 is 9.04 Å². The van der Waals surface area contributed by atoms with E-state index in [0.717, 1.165) is 32.8 Å². The van der Waals surface area contributed by atoms with E-state index < -0.39 is 10.0 Å². The summed E-state index contributed by atoms with van der Waals surface area (Å²) in [5.74, 6) is 0.522. The summed E-state index contributed by atoms with van der Waals surface area (Å²) < 4.78 is 37.8. The molecule has 2 aliphatic rings. The van der Waals surface area contributed by atoms with Crippen molar-refractivity contribution >= 4 is 15.7 Å². The number of pyridine rings is 1. The minimum Gasteiger partial charge on any atom is -0.471 e. The first kappa shape index (κ1) is 16.5. The van der Waals surface area contributed by atoms with E-state index in [1.807, 2.05) is 6.92 Å². The van der Waals surface area contributed by atoms with E-state index in [2.05, 4.69) is 9.88 Å². The number of aromatic nitrogens is 1. The van der Waals surface area contributed by atoms with Crippen molar-refractivity contribution in [3.63, 3.8) is 0 Å². The molecule has 128 valence electrons. The highest BCUT2D eigenvalue weighted by molar-refractivity contribution is 7.92. The summed E-state index contributed by atoms with van der Waals surface area (Å²) in [5.41, 5.74) is 0.539. The zero-order valence-corrected chi connectivity index (χ0v) is 14.2. The van der Waals surface area contributed by atoms with Crippen LogP contribution in [0.5, 0.6) is 5.88 Å². The molecule has 0 aliphatic carbocycles. The molecule has 7 nitrogen and oxygen atoms in total. The number of hydrogen-bond donors (Lipinski definition) is 0. The summed E-state index contributed by atoms with van der Waals surface area (Å²) in [5, 5.41) is 0. The van der Waals surface area contributed by atoms with Gasteiger partial charge in [0, 0.05) is 19.3 Å². The van der Waals surface area contributed by atoms with Crippen LogP contribution in [-0.2, 0) is 14.8 Å². The average molecular weight is 341 g/mol. The summed E-state index contributed by atoms with van der Waals surface area (Å²) >= 11 is 0. The molecular formula is C15H23N3O4S. The Morgan fingerprint density at radius 1 is 1.35 bits per heavy atom. The lowest BCUT2D eigenvalue weighted by atomic mass is 10.3. The number of rotatable bonds is 5. The third-order valence-corrected chi connectivity index (χ3v) is 5.89. The van der Waals surface area contributed by atoms with Crippen LogP contribution >= 0.6 is 0 Å². The second kappa shape index (κ2) is 7.02. The Labute approximate surface area is 137 Å². The highest BCUT2D eigenvalue weighted by Crippen LogP contribution is 2.32. The molecule has 1 atom stereocenters. The second-order valence-corrected chi connectivity index (χ2v) is 7.92. The van der Waals surface area contributed by atoms with E-state index in [4.69, 9.17) is 9.47 Å². The van der Waals surface area contributed by atoms with Gasteiger partial charge in [0.05, 0.1) is 25.5 Å². The molecule has 0 spiro atoms. The van der Waals surface area contributed by atoms with Gasteiger partial charge in [0.15, 0.2) is 0 Å². The van der Waals surface area contributed by atoms with E-state index in [1.165, 1.54) is 4.31 Å². The summed E-state index contributed by atoms with van der Waals surface area (Å²) in [6, 6.07) is 3.47. The first-order chi connectivity index (χ1) is 11.1. The minimum absolute atomic E-state index is 0.130. The fraction of sp³-hybridized carbons (Fsp3) is 0.667. The van der Waals surface area contributed by atoms with Crippen LogP contribution in [0.25, 0.3) is 0 Å². The molecular weight excluding hydrogens is 318 g/mol. The van der Waals surface area contributed by atoms with Crippen LogP contribution in [-0.4, -0.2) is 69.6 Å². The van der Waals surface area contributed by atoms with Crippen molar-refractivity contribution in [2.24, 2.45) is 0 Å². The summed E-state index contributed by atoms with van der Waals surface area (Å²) in [6.07, 6.45) is 2.02. The Balaban J connectivity index is 1.65. The maximum absolute atomic E-state index is 12.7. The van der Waals surface area contributed by atoms with Crippen LogP contribution in [0.1, 0.15) is 13.3 Å². The smallest absolute Gasteiger partial charge is 0.238 e. The van der Waals surface area contributed by atoms with Crippen LogP contribution in [0.15, 0.2) is 18.3 Å². The molecule has 8 heteroatoms. The van der Waals surface area contributed by atoms with Crippen LogP contribution in [0.2, 0.25) is 0 Å². The van der Waals surface area contributed by atoms with Crippen molar-refractivity contribution in [2.45, 2.75) is 19.4 Å².